The Bertz CT molecular complexity index is 1240. The summed E-state index contributed by atoms with van der Waals surface area (Å²) in [6.45, 7) is 10.7. The molecule has 0 spiro atoms. The van der Waals surface area contributed by atoms with Crippen LogP contribution in [-0.4, -0.2) is 42.4 Å². The first-order valence-electron chi connectivity index (χ1n) is 11.8. The molecule has 0 saturated heterocycles. The average molecular weight is 498 g/mol. The van der Waals surface area contributed by atoms with E-state index in [2.05, 4.69) is 4.98 Å². The fraction of sp³-hybridized carbons (Fsp3) is 0.407. The topological polar surface area (TPSA) is 81.5 Å². The summed E-state index contributed by atoms with van der Waals surface area (Å²) in [6.07, 6.45) is 1.58. The van der Waals surface area contributed by atoms with Crippen LogP contribution in [0.15, 0.2) is 59.9 Å². The number of carbonyl (C=O) groups excluding carboxylic acids is 1. The number of amides is 1. The van der Waals surface area contributed by atoms with Crippen LogP contribution in [0.2, 0.25) is 0 Å². The summed E-state index contributed by atoms with van der Waals surface area (Å²) in [6, 6.07) is 14.3. The van der Waals surface area contributed by atoms with E-state index in [0.29, 0.717) is 29.1 Å². The summed E-state index contributed by atoms with van der Waals surface area (Å²) in [5, 5.41) is 0.0319. The van der Waals surface area contributed by atoms with Gasteiger partial charge >= 0.3 is 0 Å². The number of methoxy groups -OCH3 is 1. The second kappa shape index (κ2) is 11.1. The number of carbonyl (C=O) groups is 1. The van der Waals surface area contributed by atoms with E-state index in [-0.39, 0.29) is 35.3 Å². The Labute approximate surface area is 208 Å². The smallest absolute Gasteiger partial charge is 0.254 e. The number of sulfone groups is 1. The molecule has 0 aliphatic heterocycles. The van der Waals surface area contributed by atoms with Gasteiger partial charge in [0, 0.05) is 18.2 Å². The Kier molecular flexibility index (Phi) is 8.38. The van der Waals surface area contributed by atoms with E-state index in [1.54, 1.807) is 47.0 Å². The first-order chi connectivity index (χ1) is 16.5. The van der Waals surface area contributed by atoms with Crippen LogP contribution in [0.4, 0.5) is 0 Å². The summed E-state index contributed by atoms with van der Waals surface area (Å²) in [7, 11) is -2.10. The van der Waals surface area contributed by atoms with Gasteiger partial charge in [-0.1, -0.05) is 43.7 Å². The fourth-order valence-corrected chi connectivity index (χ4v) is 5.62. The first kappa shape index (κ1) is 26.5. The van der Waals surface area contributed by atoms with Crippen molar-refractivity contribution in [1.82, 2.24) is 14.5 Å². The fourth-order valence-electron chi connectivity index (χ4n) is 4.02. The third-order valence-electron chi connectivity index (χ3n) is 5.67. The average Bonchev–Trinajstić information content (AvgIpc) is 3.24. The van der Waals surface area contributed by atoms with Crippen LogP contribution >= 0.6 is 0 Å². The van der Waals surface area contributed by atoms with Crippen molar-refractivity contribution in [3.8, 4) is 5.75 Å². The van der Waals surface area contributed by atoms with E-state index >= 15 is 0 Å². The number of hydrogen-bond donors (Lipinski definition) is 0. The van der Waals surface area contributed by atoms with Crippen molar-refractivity contribution in [2.75, 3.05) is 13.7 Å². The standard InChI is InChI=1S/C27H35N3O4S/c1-19(2)16-29(26(31)23-11-13-25(34-6)14-12-23)17-24-15-28-27(30(24)20(3)4)35(32,33)18-22-9-7-21(5)8-10-22/h7-15,19-20H,16-18H2,1-6H3. The summed E-state index contributed by atoms with van der Waals surface area (Å²) < 4.78 is 33.6. The Morgan fingerprint density at radius 2 is 1.66 bits per heavy atom. The van der Waals surface area contributed by atoms with Crippen molar-refractivity contribution in [2.24, 2.45) is 5.92 Å². The van der Waals surface area contributed by atoms with Gasteiger partial charge in [0.05, 0.1) is 31.3 Å². The molecule has 3 aromatic rings. The van der Waals surface area contributed by atoms with Gasteiger partial charge in [0.2, 0.25) is 15.0 Å². The predicted molar refractivity (Wildman–Crippen MR) is 137 cm³/mol. The van der Waals surface area contributed by atoms with Crippen LogP contribution in [0.5, 0.6) is 5.75 Å². The minimum Gasteiger partial charge on any atom is -0.497 e. The first-order valence-corrected chi connectivity index (χ1v) is 13.4. The van der Waals surface area contributed by atoms with E-state index in [1.165, 1.54) is 0 Å². The van der Waals surface area contributed by atoms with Gasteiger partial charge in [0.15, 0.2) is 0 Å². The zero-order chi connectivity index (χ0) is 25.8. The Hall–Kier alpha value is -3.13. The summed E-state index contributed by atoms with van der Waals surface area (Å²) >= 11 is 0. The monoisotopic (exact) mass is 497 g/mol. The lowest BCUT2D eigenvalue weighted by Crippen LogP contribution is -2.34. The maximum atomic E-state index is 13.4. The lowest BCUT2D eigenvalue weighted by Gasteiger charge is -2.26. The van der Waals surface area contributed by atoms with Gasteiger partial charge in [-0.15, -0.1) is 0 Å². The molecule has 1 heterocycles. The SMILES string of the molecule is COc1ccc(C(=O)N(Cc2cnc(S(=O)(=O)Cc3ccc(C)cc3)n2C(C)C)CC(C)C)cc1. The Morgan fingerprint density at radius 3 is 2.20 bits per heavy atom. The molecule has 0 aliphatic carbocycles. The van der Waals surface area contributed by atoms with Crippen LogP contribution in [0, 0.1) is 12.8 Å². The van der Waals surface area contributed by atoms with E-state index in [4.69, 9.17) is 4.74 Å². The molecule has 8 heteroatoms. The van der Waals surface area contributed by atoms with Crippen molar-refractivity contribution in [1.29, 1.82) is 0 Å². The summed E-state index contributed by atoms with van der Waals surface area (Å²) in [4.78, 5) is 19.5. The van der Waals surface area contributed by atoms with Crippen molar-refractivity contribution in [3.05, 3.63) is 77.1 Å². The number of ether oxygens (including phenoxy) is 1. The molecule has 0 radical (unpaired) electrons. The zero-order valence-corrected chi connectivity index (χ0v) is 22.2. The second-order valence-corrected chi connectivity index (χ2v) is 11.4. The highest BCUT2D eigenvalue weighted by Crippen LogP contribution is 2.24. The van der Waals surface area contributed by atoms with Crippen molar-refractivity contribution < 1.29 is 17.9 Å². The molecule has 0 aliphatic rings. The van der Waals surface area contributed by atoms with Gasteiger partial charge in [0.25, 0.3) is 5.91 Å². The van der Waals surface area contributed by atoms with Gasteiger partial charge in [-0.2, -0.15) is 0 Å². The van der Waals surface area contributed by atoms with Crippen LogP contribution in [-0.2, 0) is 22.1 Å². The van der Waals surface area contributed by atoms with Crippen LogP contribution in [0.3, 0.4) is 0 Å². The minimum absolute atomic E-state index is 0.0319. The summed E-state index contributed by atoms with van der Waals surface area (Å²) in [5.41, 5.74) is 3.02. The van der Waals surface area contributed by atoms with Gasteiger partial charge in [-0.25, -0.2) is 13.4 Å². The number of rotatable bonds is 10. The maximum absolute atomic E-state index is 13.4. The van der Waals surface area contributed by atoms with Gasteiger partial charge in [-0.3, -0.25) is 4.79 Å². The summed E-state index contributed by atoms with van der Waals surface area (Å²) in [5.74, 6) is 0.661. The zero-order valence-electron chi connectivity index (χ0n) is 21.4. The van der Waals surface area contributed by atoms with E-state index in [0.717, 1.165) is 5.56 Å². The molecule has 1 amide bonds. The lowest BCUT2D eigenvalue weighted by atomic mass is 10.1. The van der Waals surface area contributed by atoms with Crippen LogP contribution < -0.4 is 4.74 Å². The molecular weight excluding hydrogens is 462 g/mol. The van der Waals surface area contributed by atoms with Gasteiger partial charge < -0.3 is 14.2 Å². The molecule has 7 nitrogen and oxygen atoms in total. The van der Waals surface area contributed by atoms with Crippen molar-refractivity contribution >= 4 is 15.7 Å². The molecule has 0 bridgehead atoms. The number of imidazole rings is 1. The Balaban J connectivity index is 1.93. The molecule has 0 atom stereocenters. The highest BCUT2D eigenvalue weighted by molar-refractivity contribution is 7.90. The molecule has 0 N–H and O–H groups in total. The largest absolute Gasteiger partial charge is 0.497 e. The quantitative estimate of drug-likeness (QED) is 0.391. The molecule has 0 saturated carbocycles. The molecule has 0 unspecified atom stereocenters. The van der Waals surface area contributed by atoms with E-state index in [1.807, 2.05) is 58.9 Å². The highest BCUT2D eigenvalue weighted by atomic mass is 32.2. The minimum atomic E-state index is -3.69. The number of aromatic nitrogens is 2. The lowest BCUT2D eigenvalue weighted by molar-refractivity contribution is 0.0717. The van der Waals surface area contributed by atoms with E-state index in [9.17, 15) is 13.2 Å². The second-order valence-electron chi connectivity index (χ2n) is 9.55. The van der Waals surface area contributed by atoms with Crippen LogP contribution in [0.1, 0.15) is 60.9 Å². The molecule has 35 heavy (non-hydrogen) atoms. The van der Waals surface area contributed by atoms with Crippen molar-refractivity contribution in [2.45, 2.75) is 58.1 Å². The molecule has 2 aromatic carbocycles. The third kappa shape index (κ3) is 6.51. The van der Waals surface area contributed by atoms with Crippen LogP contribution in [0.25, 0.3) is 0 Å². The molecule has 3 rings (SSSR count). The number of aryl methyl sites for hydroxylation is 1. The maximum Gasteiger partial charge on any atom is 0.254 e. The molecule has 188 valence electrons. The van der Waals surface area contributed by atoms with Gasteiger partial charge in [-0.05, 0) is 56.5 Å². The molecular formula is C27H35N3O4S. The number of hydrogen-bond acceptors (Lipinski definition) is 5. The third-order valence-corrected chi connectivity index (χ3v) is 7.25. The van der Waals surface area contributed by atoms with Crippen molar-refractivity contribution in [3.63, 3.8) is 0 Å². The number of nitrogens with zero attached hydrogens (tertiary/aromatic N) is 3. The normalized spacial score (nSPS) is 11.8. The highest BCUT2D eigenvalue weighted by Gasteiger charge is 2.27. The predicted octanol–water partition coefficient (Wildman–Crippen LogP) is 5.05. The molecule has 1 aromatic heterocycles. The van der Waals surface area contributed by atoms with E-state index < -0.39 is 9.84 Å². The molecule has 0 fully saturated rings. The van der Waals surface area contributed by atoms with Gasteiger partial charge in [0.1, 0.15) is 5.75 Å². The number of benzene rings is 2. The Morgan fingerprint density at radius 1 is 1.03 bits per heavy atom.